The zero-order valence-electron chi connectivity index (χ0n) is 10.3. The molecule has 0 aliphatic rings. The molecule has 1 aromatic carbocycles. The molecule has 8 heteroatoms. The van der Waals surface area contributed by atoms with Crippen molar-refractivity contribution in [1.29, 1.82) is 0 Å². The Bertz CT molecular complexity index is 731. The molecule has 1 aromatic heterocycles. The van der Waals surface area contributed by atoms with Crippen molar-refractivity contribution in [2.75, 3.05) is 7.05 Å². The van der Waals surface area contributed by atoms with Crippen LogP contribution in [0.2, 0.25) is 0 Å². The fourth-order valence-electron chi connectivity index (χ4n) is 1.57. The number of halogens is 3. The fraction of sp³-hybridized carbons (Fsp3) is 0.167. The molecule has 0 radical (unpaired) electrons. The molecule has 0 aliphatic carbocycles. The van der Waals surface area contributed by atoms with Crippen LogP contribution >= 0.6 is 27.3 Å². The summed E-state index contributed by atoms with van der Waals surface area (Å²) in [6.45, 7) is -0.0327. The van der Waals surface area contributed by atoms with E-state index in [1.54, 1.807) is 6.07 Å². The van der Waals surface area contributed by atoms with Gasteiger partial charge < -0.3 is 0 Å². The molecule has 0 amide bonds. The van der Waals surface area contributed by atoms with E-state index in [9.17, 15) is 17.2 Å². The highest BCUT2D eigenvalue weighted by molar-refractivity contribution is 9.11. The van der Waals surface area contributed by atoms with Gasteiger partial charge in [-0.25, -0.2) is 17.2 Å². The summed E-state index contributed by atoms with van der Waals surface area (Å²) in [7, 11) is -2.24. The van der Waals surface area contributed by atoms with Crippen LogP contribution < -0.4 is 0 Å². The molecule has 20 heavy (non-hydrogen) atoms. The molecule has 0 atom stereocenters. The molecular formula is C12H10BrF2NO2S2. The van der Waals surface area contributed by atoms with Gasteiger partial charge in [-0.3, -0.25) is 0 Å². The van der Waals surface area contributed by atoms with Crippen LogP contribution in [0.5, 0.6) is 0 Å². The molecule has 108 valence electrons. The van der Waals surface area contributed by atoms with Gasteiger partial charge >= 0.3 is 0 Å². The Labute approximate surface area is 128 Å². The highest BCUT2D eigenvalue weighted by Gasteiger charge is 2.23. The lowest BCUT2D eigenvalue weighted by atomic mass is 10.2. The monoisotopic (exact) mass is 381 g/mol. The Morgan fingerprint density at radius 1 is 1.20 bits per heavy atom. The van der Waals surface area contributed by atoms with Crippen LogP contribution in [0.15, 0.2) is 38.3 Å². The number of thiophene rings is 1. The Morgan fingerprint density at radius 2 is 1.90 bits per heavy atom. The van der Waals surface area contributed by atoms with E-state index in [1.165, 1.54) is 19.2 Å². The first-order valence-corrected chi connectivity index (χ1v) is 8.51. The van der Waals surface area contributed by atoms with Crippen molar-refractivity contribution in [3.63, 3.8) is 0 Å². The van der Waals surface area contributed by atoms with Crippen LogP contribution in [0, 0.1) is 11.6 Å². The van der Waals surface area contributed by atoms with Gasteiger partial charge in [0, 0.05) is 13.6 Å². The van der Waals surface area contributed by atoms with E-state index < -0.39 is 21.7 Å². The number of hydrogen-bond acceptors (Lipinski definition) is 3. The van der Waals surface area contributed by atoms with Gasteiger partial charge in [-0.15, -0.1) is 11.3 Å². The quantitative estimate of drug-likeness (QED) is 0.810. The SMILES string of the molecule is CN(Cc1ccc(F)c(F)c1)S(=O)(=O)c1ccc(Br)s1. The van der Waals surface area contributed by atoms with E-state index in [4.69, 9.17) is 0 Å². The minimum Gasteiger partial charge on any atom is -0.206 e. The van der Waals surface area contributed by atoms with Gasteiger partial charge in [0.15, 0.2) is 11.6 Å². The van der Waals surface area contributed by atoms with Gasteiger partial charge in [-0.1, -0.05) is 6.07 Å². The summed E-state index contributed by atoms with van der Waals surface area (Å²) >= 11 is 4.29. The van der Waals surface area contributed by atoms with Crippen LogP contribution in [0.3, 0.4) is 0 Å². The Kier molecular flexibility index (Phi) is 4.58. The standard InChI is InChI=1S/C12H10BrF2NO2S2/c1-16(7-8-2-3-9(14)10(15)6-8)20(17,18)12-5-4-11(13)19-12/h2-6H,7H2,1H3. The lowest BCUT2D eigenvalue weighted by Crippen LogP contribution is -2.25. The maximum absolute atomic E-state index is 13.1. The van der Waals surface area contributed by atoms with Gasteiger partial charge in [0.1, 0.15) is 4.21 Å². The normalized spacial score (nSPS) is 12.1. The Morgan fingerprint density at radius 3 is 2.45 bits per heavy atom. The Balaban J connectivity index is 2.23. The molecule has 0 N–H and O–H groups in total. The second-order valence-corrected chi connectivity index (χ2v) is 8.80. The third-order valence-electron chi connectivity index (χ3n) is 2.60. The van der Waals surface area contributed by atoms with Gasteiger partial charge in [0.05, 0.1) is 3.79 Å². The maximum atomic E-state index is 13.1. The summed E-state index contributed by atoms with van der Waals surface area (Å²) in [6, 6.07) is 6.46. The molecule has 0 saturated carbocycles. The molecule has 3 nitrogen and oxygen atoms in total. The summed E-state index contributed by atoms with van der Waals surface area (Å²) < 4.78 is 52.4. The number of hydrogen-bond donors (Lipinski definition) is 0. The number of rotatable bonds is 4. The van der Waals surface area contributed by atoms with Crippen molar-refractivity contribution in [2.45, 2.75) is 10.8 Å². The largest absolute Gasteiger partial charge is 0.252 e. The summed E-state index contributed by atoms with van der Waals surface area (Å²) in [4.78, 5) is 0. The summed E-state index contributed by atoms with van der Waals surface area (Å²) in [5, 5.41) is 0. The molecule has 2 aromatic rings. The molecule has 0 fully saturated rings. The molecule has 0 bridgehead atoms. The molecule has 0 unspecified atom stereocenters. The van der Waals surface area contributed by atoms with E-state index in [-0.39, 0.29) is 10.8 Å². The molecule has 0 spiro atoms. The van der Waals surface area contributed by atoms with Crippen molar-refractivity contribution < 1.29 is 17.2 Å². The number of nitrogens with zero attached hydrogens (tertiary/aromatic N) is 1. The Hall–Kier alpha value is -0.830. The predicted molar refractivity (Wildman–Crippen MR) is 77.0 cm³/mol. The first-order chi connectivity index (χ1) is 9.30. The van der Waals surface area contributed by atoms with Crippen LogP contribution in [0.25, 0.3) is 0 Å². The summed E-state index contributed by atoms with van der Waals surface area (Å²) in [5.41, 5.74) is 0.380. The number of benzene rings is 1. The van der Waals surface area contributed by atoms with E-state index in [0.29, 0.717) is 9.35 Å². The third-order valence-corrected chi connectivity index (χ3v) is 6.50. The minimum absolute atomic E-state index is 0.0327. The van der Waals surface area contributed by atoms with Crippen molar-refractivity contribution in [3.8, 4) is 0 Å². The topological polar surface area (TPSA) is 37.4 Å². The molecule has 0 saturated heterocycles. The zero-order chi connectivity index (χ0) is 14.9. The van der Waals surface area contributed by atoms with E-state index in [1.807, 2.05) is 0 Å². The van der Waals surface area contributed by atoms with Crippen LogP contribution in [0.1, 0.15) is 5.56 Å². The van der Waals surface area contributed by atoms with Crippen molar-refractivity contribution in [1.82, 2.24) is 4.31 Å². The second kappa shape index (κ2) is 5.88. The summed E-state index contributed by atoms with van der Waals surface area (Å²) in [5.74, 6) is -1.95. The smallest absolute Gasteiger partial charge is 0.206 e. The van der Waals surface area contributed by atoms with Gasteiger partial charge in [0.25, 0.3) is 10.0 Å². The zero-order valence-corrected chi connectivity index (χ0v) is 13.5. The van der Waals surface area contributed by atoms with E-state index in [0.717, 1.165) is 27.8 Å². The lowest BCUT2D eigenvalue weighted by molar-refractivity contribution is 0.463. The van der Waals surface area contributed by atoms with Crippen molar-refractivity contribution >= 4 is 37.3 Å². The van der Waals surface area contributed by atoms with E-state index in [2.05, 4.69) is 15.9 Å². The molecule has 1 heterocycles. The molecule has 0 aliphatic heterocycles. The van der Waals surface area contributed by atoms with Crippen LogP contribution in [0.4, 0.5) is 8.78 Å². The highest BCUT2D eigenvalue weighted by atomic mass is 79.9. The average Bonchev–Trinajstić information content (AvgIpc) is 2.81. The average molecular weight is 382 g/mol. The van der Waals surface area contributed by atoms with E-state index >= 15 is 0 Å². The maximum Gasteiger partial charge on any atom is 0.252 e. The molecule has 2 rings (SSSR count). The predicted octanol–water partition coefficient (Wildman–Crippen LogP) is 3.61. The second-order valence-electron chi connectivity index (χ2n) is 4.07. The third kappa shape index (κ3) is 3.25. The van der Waals surface area contributed by atoms with Crippen molar-refractivity contribution in [3.05, 3.63) is 51.3 Å². The minimum atomic E-state index is -3.63. The number of sulfonamides is 1. The van der Waals surface area contributed by atoms with Gasteiger partial charge in [0.2, 0.25) is 0 Å². The van der Waals surface area contributed by atoms with Crippen LogP contribution in [-0.4, -0.2) is 19.8 Å². The van der Waals surface area contributed by atoms with Gasteiger partial charge in [-0.2, -0.15) is 4.31 Å². The molecular weight excluding hydrogens is 372 g/mol. The lowest BCUT2D eigenvalue weighted by Gasteiger charge is -2.16. The first kappa shape index (κ1) is 15.6. The fourth-order valence-corrected chi connectivity index (χ4v) is 4.95. The van der Waals surface area contributed by atoms with Crippen LogP contribution in [-0.2, 0) is 16.6 Å². The van der Waals surface area contributed by atoms with Gasteiger partial charge in [-0.05, 0) is 45.8 Å². The summed E-state index contributed by atoms with van der Waals surface area (Å²) in [6.07, 6.45) is 0. The first-order valence-electron chi connectivity index (χ1n) is 5.46. The van der Waals surface area contributed by atoms with Crippen molar-refractivity contribution in [2.24, 2.45) is 0 Å². The highest BCUT2D eigenvalue weighted by Crippen LogP contribution is 2.28.